The number of imidazole rings is 1. The van der Waals surface area contributed by atoms with E-state index >= 15 is 0 Å². The molecule has 44 heavy (non-hydrogen) atoms. The van der Waals surface area contributed by atoms with Gasteiger partial charge in [-0.05, 0) is 43.7 Å². The Morgan fingerprint density at radius 2 is 1.93 bits per heavy atom. The fourth-order valence-corrected chi connectivity index (χ4v) is 5.10. The molecule has 1 unspecified atom stereocenters. The summed E-state index contributed by atoms with van der Waals surface area (Å²) >= 11 is 0. The number of aromatic nitrogens is 6. The highest BCUT2D eigenvalue weighted by molar-refractivity contribution is 5.97. The van der Waals surface area contributed by atoms with E-state index in [1.807, 2.05) is 0 Å². The summed E-state index contributed by atoms with van der Waals surface area (Å²) in [7, 11) is 0. The number of allylic oxidation sites excluding steroid dienone is 4. The minimum atomic E-state index is -4.61. The molecule has 1 fully saturated rings. The van der Waals surface area contributed by atoms with Crippen LogP contribution in [0, 0.1) is 13.8 Å². The van der Waals surface area contributed by atoms with Gasteiger partial charge in [0.2, 0.25) is 5.95 Å². The number of amides is 1. The van der Waals surface area contributed by atoms with Crippen LogP contribution in [0.2, 0.25) is 0 Å². The number of aryl methyl sites for hydroxylation is 2. The minimum Gasteiger partial charge on any atom is -0.338 e. The summed E-state index contributed by atoms with van der Waals surface area (Å²) in [5.41, 5.74) is 1.97. The molecule has 1 aliphatic carbocycles. The summed E-state index contributed by atoms with van der Waals surface area (Å²) in [6.07, 6.45) is 3.09. The molecule has 0 saturated carbocycles. The van der Waals surface area contributed by atoms with Crippen molar-refractivity contribution in [1.29, 1.82) is 0 Å². The SMILES string of the molecule is Cc1cn(C2C=C(C(F)(F)F)C=C(NC(=O)c3ccc(C)c(Nc4ncnc5cnc(N6CCC(F)(F)C6)nc45)c3)C2)cn1. The second-order valence-electron chi connectivity index (χ2n) is 10.8. The largest absolute Gasteiger partial charge is 0.416 e. The molecule has 1 aliphatic heterocycles. The van der Waals surface area contributed by atoms with Gasteiger partial charge in [-0.1, -0.05) is 6.07 Å². The summed E-state index contributed by atoms with van der Waals surface area (Å²) in [6, 6.07) is 4.10. The van der Waals surface area contributed by atoms with Crippen molar-refractivity contribution in [2.24, 2.45) is 0 Å². The van der Waals surface area contributed by atoms with E-state index in [9.17, 15) is 26.7 Å². The van der Waals surface area contributed by atoms with Crippen LogP contribution in [0.3, 0.4) is 0 Å². The Hall–Kier alpha value is -4.95. The molecule has 0 spiro atoms. The molecule has 3 aromatic heterocycles. The number of rotatable bonds is 6. The zero-order valence-electron chi connectivity index (χ0n) is 23.5. The molecule has 228 valence electrons. The lowest BCUT2D eigenvalue weighted by Gasteiger charge is -2.24. The second kappa shape index (κ2) is 11.0. The van der Waals surface area contributed by atoms with Gasteiger partial charge in [0.1, 0.15) is 17.4 Å². The predicted molar refractivity (Wildman–Crippen MR) is 152 cm³/mol. The Morgan fingerprint density at radius 1 is 1.11 bits per heavy atom. The fraction of sp³-hybridized carbons (Fsp3) is 0.310. The molecule has 2 aliphatic rings. The second-order valence-corrected chi connectivity index (χ2v) is 10.8. The number of hydrogen-bond donors (Lipinski definition) is 2. The molecular weight excluding hydrogens is 585 g/mol. The molecule has 1 aromatic carbocycles. The van der Waals surface area contributed by atoms with Crippen LogP contribution in [-0.4, -0.2) is 60.6 Å². The van der Waals surface area contributed by atoms with Crippen LogP contribution in [0.1, 0.15) is 40.5 Å². The highest BCUT2D eigenvalue weighted by Gasteiger charge is 2.39. The van der Waals surface area contributed by atoms with Gasteiger partial charge in [-0.3, -0.25) is 4.79 Å². The molecule has 0 bridgehead atoms. The van der Waals surface area contributed by atoms with Crippen molar-refractivity contribution in [3.63, 3.8) is 0 Å². The first-order valence-electron chi connectivity index (χ1n) is 13.6. The molecule has 1 atom stereocenters. The number of nitrogens with zero attached hydrogens (tertiary/aromatic N) is 7. The Balaban J connectivity index is 1.25. The van der Waals surface area contributed by atoms with Gasteiger partial charge < -0.3 is 20.1 Å². The zero-order chi connectivity index (χ0) is 31.2. The minimum absolute atomic E-state index is 0.102. The van der Waals surface area contributed by atoms with E-state index in [1.165, 1.54) is 23.8 Å². The van der Waals surface area contributed by atoms with Gasteiger partial charge in [0.15, 0.2) is 5.82 Å². The quantitative estimate of drug-likeness (QED) is 0.272. The first-order valence-corrected chi connectivity index (χ1v) is 13.6. The van der Waals surface area contributed by atoms with E-state index in [0.717, 1.165) is 17.7 Å². The number of hydrogen-bond acceptors (Lipinski definition) is 8. The Bertz CT molecular complexity index is 1810. The maximum atomic E-state index is 13.8. The van der Waals surface area contributed by atoms with Gasteiger partial charge in [-0.25, -0.2) is 33.7 Å². The number of carbonyl (C=O) groups is 1. The normalized spacial score (nSPS) is 18.2. The first kappa shape index (κ1) is 29.1. The lowest BCUT2D eigenvalue weighted by atomic mass is 9.98. The Labute approximate surface area is 247 Å². The molecule has 4 heterocycles. The van der Waals surface area contributed by atoms with E-state index in [4.69, 9.17) is 0 Å². The van der Waals surface area contributed by atoms with Crippen molar-refractivity contribution >= 4 is 34.4 Å². The van der Waals surface area contributed by atoms with Crippen molar-refractivity contribution in [2.45, 2.75) is 44.8 Å². The van der Waals surface area contributed by atoms with Crippen LogP contribution in [0.4, 0.5) is 39.4 Å². The molecule has 6 rings (SSSR count). The third kappa shape index (κ3) is 6.07. The van der Waals surface area contributed by atoms with E-state index < -0.39 is 36.2 Å². The molecule has 4 aromatic rings. The highest BCUT2D eigenvalue weighted by atomic mass is 19.4. The summed E-state index contributed by atoms with van der Waals surface area (Å²) in [4.78, 5) is 35.8. The lowest BCUT2D eigenvalue weighted by molar-refractivity contribution is -0.0890. The van der Waals surface area contributed by atoms with Crippen molar-refractivity contribution in [2.75, 3.05) is 23.3 Å². The van der Waals surface area contributed by atoms with E-state index in [2.05, 4.69) is 35.6 Å². The summed E-state index contributed by atoms with van der Waals surface area (Å²) in [5, 5.41) is 5.77. The lowest BCUT2D eigenvalue weighted by Crippen LogP contribution is -2.28. The fourth-order valence-electron chi connectivity index (χ4n) is 5.10. The summed E-state index contributed by atoms with van der Waals surface area (Å²) in [6.45, 7) is 3.14. The van der Waals surface area contributed by atoms with Gasteiger partial charge in [0.05, 0.1) is 36.4 Å². The Kier molecular flexibility index (Phi) is 7.25. The first-order chi connectivity index (χ1) is 20.8. The number of anilines is 3. The third-order valence-corrected chi connectivity index (χ3v) is 7.42. The summed E-state index contributed by atoms with van der Waals surface area (Å²) < 4.78 is 70.3. The number of carbonyl (C=O) groups excluding carboxylic acids is 1. The van der Waals surface area contributed by atoms with Crippen molar-refractivity contribution in [3.8, 4) is 0 Å². The van der Waals surface area contributed by atoms with E-state index in [0.29, 0.717) is 22.4 Å². The smallest absolute Gasteiger partial charge is 0.338 e. The van der Waals surface area contributed by atoms with Crippen LogP contribution >= 0.6 is 0 Å². The maximum absolute atomic E-state index is 13.8. The average Bonchev–Trinajstić information content (AvgIpc) is 3.58. The predicted octanol–water partition coefficient (Wildman–Crippen LogP) is 5.57. The molecule has 1 saturated heterocycles. The topological polar surface area (TPSA) is 114 Å². The number of fused-ring (bicyclic) bond motifs is 1. The number of halogens is 5. The average molecular weight is 612 g/mol. The van der Waals surface area contributed by atoms with Crippen molar-refractivity contribution in [1.82, 2.24) is 34.8 Å². The van der Waals surface area contributed by atoms with Crippen LogP contribution < -0.4 is 15.5 Å². The van der Waals surface area contributed by atoms with Crippen molar-refractivity contribution < 1.29 is 26.7 Å². The molecule has 0 radical (unpaired) electrons. The zero-order valence-corrected chi connectivity index (χ0v) is 23.5. The van der Waals surface area contributed by atoms with Gasteiger partial charge in [0.25, 0.3) is 11.8 Å². The molecular formula is C29H26F5N9O. The van der Waals surface area contributed by atoms with Crippen molar-refractivity contribution in [3.05, 3.63) is 83.5 Å². The monoisotopic (exact) mass is 611 g/mol. The van der Waals surface area contributed by atoms with E-state index in [-0.39, 0.29) is 42.4 Å². The Morgan fingerprint density at radius 3 is 2.64 bits per heavy atom. The van der Waals surface area contributed by atoms with Gasteiger partial charge >= 0.3 is 6.18 Å². The summed E-state index contributed by atoms with van der Waals surface area (Å²) in [5.74, 6) is -3.05. The van der Waals surface area contributed by atoms with Crippen LogP contribution in [0.5, 0.6) is 0 Å². The number of benzene rings is 1. The van der Waals surface area contributed by atoms with Crippen LogP contribution in [0.15, 0.2) is 66.7 Å². The standard InChI is InChI=1S/C29H26F5N9O/c1-16-3-4-18(26(44)39-20-8-19(29(32,33)34)9-21(10-20)43-12-17(2)38-15-43)7-22(16)40-25-24-23(36-14-37-25)11-35-27(41-24)42-6-5-28(30,31)13-42/h3-4,7-9,11-12,14-15,21H,5-6,10,13H2,1-2H3,(H,39,44)(H,36,37,40). The van der Waals surface area contributed by atoms with Gasteiger partial charge in [0, 0.05) is 42.5 Å². The molecule has 2 N–H and O–H groups in total. The van der Waals surface area contributed by atoms with Crippen LogP contribution in [0.25, 0.3) is 11.0 Å². The number of alkyl halides is 5. The molecule has 10 nitrogen and oxygen atoms in total. The molecule has 1 amide bonds. The highest BCUT2D eigenvalue weighted by Crippen LogP contribution is 2.35. The van der Waals surface area contributed by atoms with E-state index in [1.54, 1.807) is 42.8 Å². The molecule has 15 heteroatoms. The van der Waals surface area contributed by atoms with Crippen LogP contribution in [-0.2, 0) is 0 Å². The van der Waals surface area contributed by atoms with Gasteiger partial charge in [-0.15, -0.1) is 0 Å². The third-order valence-electron chi connectivity index (χ3n) is 7.42. The van der Waals surface area contributed by atoms with Gasteiger partial charge in [-0.2, -0.15) is 13.2 Å². The maximum Gasteiger partial charge on any atom is 0.416 e. The number of nitrogens with one attached hydrogen (secondary N) is 2.